The molecule has 0 N–H and O–H groups in total. The average Bonchev–Trinajstić information content (AvgIpc) is 2.88. The molecule has 2 rings (SSSR count). The molecule has 1 aromatic rings. The second-order valence-electron chi connectivity index (χ2n) is 2.58. The third-order valence-electron chi connectivity index (χ3n) is 1.48. The quantitative estimate of drug-likeness (QED) is 0.322. The normalized spacial score (nSPS) is 8.55. The van der Waals surface area contributed by atoms with Crippen LogP contribution < -0.4 is 37.2 Å². The molecule has 1 aliphatic rings. The first kappa shape index (κ1) is 37.0. The van der Waals surface area contributed by atoms with Gasteiger partial charge in [-0.05, 0) is 0 Å². The molecule has 0 saturated carbocycles. The van der Waals surface area contributed by atoms with E-state index in [-0.39, 0.29) is 58.9 Å². The van der Waals surface area contributed by atoms with Gasteiger partial charge in [-0.15, -0.1) is 13.3 Å². The molecule has 0 saturated heterocycles. The molecule has 0 amide bonds. The number of hydrogen-bond acceptors (Lipinski definition) is 0. The molecule has 1 radical (unpaired) electrons. The van der Waals surface area contributed by atoms with Crippen molar-refractivity contribution in [2.45, 2.75) is 27.2 Å². The molecular weight excluding hydrogens is 346 g/mol. The maximum absolute atomic E-state index is 3.25. The van der Waals surface area contributed by atoms with Crippen LogP contribution in [0.15, 0.2) is 48.1 Å². The van der Waals surface area contributed by atoms with Gasteiger partial charge in [0.1, 0.15) is 0 Å². The van der Waals surface area contributed by atoms with E-state index in [0.29, 0.717) is 0 Å². The number of rotatable bonds is 0. The number of benzene rings is 1. The van der Waals surface area contributed by atoms with E-state index < -0.39 is 0 Å². The minimum atomic E-state index is 0. The Hall–Kier alpha value is 0.284. The van der Waals surface area contributed by atoms with Crippen molar-refractivity contribution < 1.29 is 58.9 Å². The van der Waals surface area contributed by atoms with E-state index in [1.54, 1.807) is 13.8 Å². The monoisotopic (exact) mass is 367 g/mol. The maximum Gasteiger partial charge on any atom is 3.00 e. The summed E-state index contributed by atoms with van der Waals surface area (Å²) in [7, 11) is 0. The Bertz CT molecular complexity index is 243. The summed E-state index contributed by atoms with van der Waals surface area (Å²) in [6.07, 6.45) is 8.24. The molecule has 0 aliphatic heterocycles. The zero-order valence-electron chi connectivity index (χ0n) is 12.3. The van der Waals surface area contributed by atoms with Crippen molar-refractivity contribution in [3.8, 4) is 0 Å². The largest absolute Gasteiger partial charge is 3.00 e. The predicted molar refractivity (Wildman–Crippen MR) is 73.5 cm³/mol. The van der Waals surface area contributed by atoms with Crippen LogP contribution in [0.25, 0.3) is 0 Å². The van der Waals surface area contributed by atoms with E-state index in [0.717, 1.165) is 6.42 Å². The van der Waals surface area contributed by atoms with Gasteiger partial charge in [-0.25, -0.2) is 11.6 Å². The van der Waals surface area contributed by atoms with E-state index in [1.165, 1.54) is 5.57 Å². The summed E-state index contributed by atoms with van der Waals surface area (Å²) in [4.78, 5) is 0. The van der Waals surface area contributed by atoms with Gasteiger partial charge >= 0.3 is 21.7 Å². The van der Waals surface area contributed by atoms with Crippen LogP contribution in [0.4, 0.5) is 0 Å². The standard InChI is InChI=1S/C6H7.C6H5.2C2H5.3ClH.Ti/c1-6-4-2-3-5-6;1-2-4-6-5-3-1;2*1-2;;;;/h4-5H,2H2,1H3;1-5H;2*1H2,2H3;3*1H;/q4*-1;;;;+3/p-3. The SMILES string of the molecule is CC1=CC[C-]=C1.[CH2-]C.[CH2-]C.[Cl-].[Cl-].[Cl-].[Ti+3].[c-]1ccccc1. The number of hydrogen-bond donors (Lipinski definition) is 0. The maximum atomic E-state index is 3.25. The second-order valence-corrected chi connectivity index (χ2v) is 2.58. The Morgan fingerprint density at radius 3 is 1.45 bits per heavy atom. The summed E-state index contributed by atoms with van der Waals surface area (Å²) in [6, 6.07) is 12.5. The van der Waals surface area contributed by atoms with Gasteiger partial charge in [-0.3, -0.25) is 6.08 Å². The third-order valence-corrected chi connectivity index (χ3v) is 1.48. The Kier molecular flexibility index (Phi) is 67.5. The van der Waals surface area contributed by atoms with Gasteiger partial charge in [0.25, 0.3) is 0 Å². The average molecular weight is 369 g/mol. The molecule has 0 fully saturated rings. The van der Waals surface area contributed by atoms with Gasteiger partial charge in [0.15, 0.2) is 0 Å². The van der Waals surface area contributed by atoms with E-state index in [9.17, 15) is 0 Å². The molecule has 115 valence electrons. The molecule has 20 heavy (non-hydrogen) atoms. The van der Waals surface area contributed by atoms with E-state index >= 15 is 0 Å². The molecule has 4 heteroatoms. The zero-order valence-corrected chi connectivity index (χ0v) is 16.1. The van der Waals surface area contributed by atoms with Gasteiger partial charge in [-0.1, -0.05) is 0 Å². The van der Waals surface area contributed by atoms with Crippen LogP contribution in [0.2, 0.25) is 0 Å². The van der Waals surface area contributed by atoms with E-state index in [1.807, 2.05) is 36.4 Å². The van der Waals surface area contributed by atoms with Crippen molar-refractivity contribution in [3.63, 3.8) is 0 Å². The molecule has 0 unspecified atom stereocenters. The smallest absolute Gasteiger partial charge is 1.00 e. The molecule has 0 spiro atoms. The Morgan fingerprint density at radius 2 is 1.35 bits per heavy atom. The minimum absolute atomic E-state index is 0. The van der Waals surface area contributed by atoms with E-state index in [4.69, 9.17) is 0 Å². The number of halogens is 3. The van der Waals surface area contributed by atoms with Crippen LogP contribution in [0.3, 0.4) is 0 Å². The summed E-state index contributed by atoms with van der Waals surface area (Å²) >= 11 is 0. The molecule has 0 atom stereocenters. The predicted octanol–water partition coefficient (Wildman–Crippen LogP) is -4.13. The first-order valence-corrected chi connectivity index (χ1v) is 5.45. The molecule has 1 aliphatic carbocycles. The fourth-order valence-corrected chi connectivity index (χ4v) is 0.841. The first-order chi connectivity index (χ1) is 7.89. The summed E-state index contributed by atoms with van der Waals surface area (Å²) < 4.78 is 0. The summed E-state index contributed by atoms with van der Waals surface area (Å²) in [5.41, 5.74) is 1.34. The van der Waals surface area contributed by atoms with E-state index in [2.05, 4.69) is 39.0 Å². The molecule has 0 bridgehead atoms. The van der Waals surface area contributed by atoms with Crippen LogP contribution in [0.5, 0.6) is 0 Å². The Balaban J connectivity index is -0.0000000339. The Labute approximate surface area is 159 Å². The Morgan fingerprint density at radius 1 is 0.900 bits per heavy atom. The van der Waals surface area contributed by atoms with Crippen LogP contribution in [0.1, 0.15) is 27.2 Å². The van der Waals surface area contributed by atoms with Crippen molar-refractivity contribution in [2.24, 2.45) is 0 Å². The van der Waals surface area contributed by atoms with Crippen LogP contribution in [-0.2, 0) is 21.7 Å². The fraction of sp³-hybridized carbons (Fsp3) is 0.250. The van der Waals surface area contributed by atoms with Crippen molar-refractivity contribution in [1.29, 1.82) is 0 Å². The first-order valence-electron chi connectivity index (χ1n) is 5.45. The molecule has 1 aromatic carbocycles. The third kappa shape index (κ3) is 31.0. The van der Waals surface area contributed by atoms with Crippen molar-refractivity contribution in [1.82, 2.24) is 0 Å². The van der Waals surface area contributed by atoms with Crippen molar-refractivity contribution >= 4 is 0 Å². The van der Waals surface area contributed by atoms with Crippen molar-refractivity contribution in [3.05, 3.63) is 74.0 Å². The summed E-state index contributed by atoms with van der Waals surface area (Å²) in [5, 5.41) is 0. The molecule has 0 nitrogen and oxygen atoms in total. The van der Waals surface area contributed by atoms with Gasteiger partial charge in [0.2, 0.25) is 0 Å². The minimum Gasteiger partial charge on any atom is -1.00 e. The van der Waals surface area contributed by atoms with Gasteiger partial charge in [-0.2, -0.15) is 56.3 Å². The van der Waals surface area contributed by atoms with Crippen LogP contribution in [-0.4, -0.2) is 0 Å². The van der Waals surface area contributed by atoms with Crippen LogP contribution >= 0.6 is 0 Å². The molecule has 0 heterocycles. The van der Waals surface area contributed by atoms with Gasteiger partial charge < -0.3 is 51.1 Å². The topological polar surface area (TPSA) is 0 Å². The van der Waals surface area contributed by atoms with Crippen molar-refractivity contribution in [2.75, 3.05) is 0 Å². The molecular formula is C16H22Cl3Ti-4. The van der Waals surface area contributed by atoms with Crippen LogP contribution in [0, 0.1) is 26.0 Å². The fourth-order valence-electron chi connectivity index (χ4n) is 0.841. The summed E-state index contributed by atoms with van der Waals surface area (Å²) in [6.45, 7) is 12.1. The number of allylic oxidation sites excluding steroid dienone is 4. The second kappa shape index (κ2) is 36.5. The van der Waals surface area contributed by atoms with Gasteiger partial charge in [0, 0.05) is 0 Å². The zero-order chi connectivity index (χ0) is 12.6. The summed E-state index contributed by atoms with van der Waals surface area (Å²) in [5.74, 6) is 0. The van der Waals surface area contributed by atoms with Gasteiger partial charge in [0.05, 0.1) is 0 Å². The molecule has 0 aromatic heterocycles.